The van der Waals surface area contributed by atoms with Gasteiger partial charge in [-0.1, -0.05) is 6.92 Å². The molecule has 15 heavy (non-hydrogen) atoms. The number of nitrogens with zero attached hydrogens (tertiary/aromatic N) is 2. The maximum absolute atomic E-state index is 13.0. The lowest BCUT2D eigenvalue weighted by Crippen LogP contribution is -1.90. The largest absolute Gasteiger partial charge is 0.342 e. The van der Waals surface area contributed by atoms with Crippen LogP contribution in [0.15, 0.2) is 12.1 Å². The van der Waals surface area contributed by atoms with E-state index in [9.17, 15) is 14.5 Å². The molecule has 1 aromatic heterocycles. The van der Waals surface area contributed by atoms with Crippen LogP contribution < -0.4 is 0 Å². The van der Waals surface area contributed by atoms with Gasteiger partial charge in [-0.25, -0.2) is 9.37 Å². The molecule has 1 aromatic carbocycles. The Morgan fingerprint density at radius 3 is 2.93 bits per heavy atom. The lowest BCUT2D eigenvalue weighted by molar-refractivity contribution is -0.383. The molecule has 2 aromatic rings. The molecule has 0 fully saturated rings. The number of non-ortho nitro benzene ring substituents is 1. The molecule has 5 nitrogen and oxygen atoms in total. The fraction of sp³-hybridized carbons (Fsp3) is 0.222. The zero-order chi connectivity index (χ0) is 11.0. The number of benzene rings is 1. The van der Waals surface area contributed by atoms with Crippen LogP contribution in [0.2, 0.25) is 0 Å². The summed E-state index contributed by atoms with van der Waals surface area (Å²) >= 11 is 0. The van der Waals surface area contributed by atoms with Gasteiger partial charge in [-0.3, -0.25) is 10.1 Å². The molecular weight excluding hydrogens is 201 g/mol. The SMILES string of the molecule is CCc1nc2c([N+](=O)[O-])cc(F)cc2[nH]1. The van der Waals surface area contributed by atoms with E-state index in [4.69, 9.17) is 0 Å². The normalized spacial score (nSPS) is 10.8. The Bertz CT molecular complexity index is 535. The first-order valence-corrected chi connectivity index (χ1v) is 4.44. The number of hydrogen-bond acceptors (Lipinski definition) is 3. The first-order chi connectivity index (χ1) is 7.11. The van der Waals surface area contributed by atoms with E-state index in [2.05, 4.69) is 9.97 Å². The van der Waals surface area contributed by atoms with Gasteiger partial charge in [0.15, 0.2) is 5.52 Å². The predicted octanol–water partition coefficient (Wildman–Crippen LogP) is 2.17. The number of aromatic nitrogens is 2. The summed E-state index contributed by atoms with van der Waals surface area (Å²) in [6.07, 6.45) is 0.619. The number of fused-ring (bicyclic) bond motifs is 1. The van der Waals surface area contributed by atoms with Gasteiger partial charge in [0.05, 0.1) is 16.5 Å². The van der Waals surface area contributed by atoms with Crippen LogP contribution in [0.4, 0.5) is 10.1 Å². The van der Waals surface area contributed by atoms with Crippen molar-refractivity contribution in [1.29, 1.82) is 0 Å². The van der Waals surface area contributed by atoms with Crippen molar-refractivity contribution in [3.8, 4) is 0 Å². The zero-order valence-electron chi connectivity index (χ0n) is 7.95. The van der Waals surface area contributed by atoms with E-state index < -0.39 is 10.7 Å². The van der Waals surface area contributed by atoms with Crippen molar-refractivity contribution in [2.75, 3.05) is 0 Å². The highest BCUT2D eigenvalue weighted by molar-refractivity contribution is 5.84. The highest BCUT2D eigenvalue weighted by atomic mass is 19.1. The second kappa shape index (κ2) is 3.30. The number of imidazole rings is 1. The Morgan fingerprint density at radius 2 is 2.33 bits per heavy atom. The van der Waals surface area contributed by atoms with Gasteiger partial charge in [0.1, 0.15) is 11.6 Å². The van der Waals surface area contributed by atoms with Gasteiger partial charge in [0, 0.05) is 12.5 Å². The molecule has 0 bridgehead atoms. The second-order valence-corrected chi connectivity index (χ2v) is 3.12. The molecule has 6 heteroatoms. The summed E-state index contributed by atoms with van der Waals surface area (Å²) in [5, 5.41) is 10.6. The zero-order valence-corrected chi connectivity index (χ0v) is 7.95. The van der Waals surface area contributed by atoms with Crippen LogP contribution in [0, 0.1) is 15.9 Å². The third-order valence-corrected chi connectivity index (χ3v) is 2.11. The Hall–Kier alpha value is -1.98. The molecule has 1 N–H and O–H groups in total. The standard InChI is InChI=1S/C9H8FN3O2/c1-2-8-11-6-3-5(10)4-7(13(14)15)9(6)12-8/h3-4H,2H2,1H3,(H,11,12). The van der Waals surface area contributed by atoms with Crippen molar-refractivity contribution in [3.63, 3.8) is 0 Å². The molecule has 1 heterocycles. The number of nitrogens with one attached hydrogen (secondary N) is 1. The molecule has 0 aliphatic rings. The van der Waals surface area contributed by atoms with E-state index >= 15 is 0 Å². The molecular formula is C9H8FN3O2. The second-order valence-electron chi connectivity index (χ2n) is 3.12. The Kier molecular flexibility index (Phi) is 2.11. The van der Waals surface area contributed by atoms with Gasteiger partial charge in [-0.15, -0.1) is 0 Å². The summed E-state index contributed by atoms with van der Waals surface area (Å²) < 4.78 is 13.0. The number of aromatic amines is 1. The molecule has 0 aliphatic heterocycles. The number of hydrogen-bond donors (Lipinski definition) is 1. The van der Waals surface area contributed by atoms with Crippen molar-refractivity contribution in [3.05, 3.63) is 33.9 Å². The lowest BCUT2D eigenvalue weighted by atomic mass is 10.2. The summed E-state index contributed by atoms with van der Waals surface area (Å²) in [5.41, 5.74) is 0.262. The summed E-state index contributed by atoms with van der Waals surface area (Å²) in [7, 11) is 0. The number of halogens is 1. The minimum Gasteiger partial charge on any atom is -0.342 e. The maximum atomic E-state index is 13.0. The molecule has 0 atom stereocenters. The van der Waals surface area contributed by atoms with E-state index in [0.29, 0.717) is 17.8 Å². The molecule has 0 radical (unpaired) electrons. The van der Waals surface area contributed by atoms with Crippen molar-refractivity contribution >= 4 is 16.7 Å². The quantitative estimate of drug-likeness (QED) is 0.608. The Balaban J connectivity index is 2.77. The minimum absolute atomic E-state index is 0.207. The first-order valence-electron chi connectivity index (χ1n) is 4.44. The predicted molar refractivity (Wildman–Crippen MR) is 52.1 cm³/mol. The number of nitro groups is 1. The van der Waals surface area contributed by atoms with Crippen LogP contribution in [-0.2, 0) is 6.42 Å². The lowest BCUT2D eigenvalue weighted by Gasteiger charge is -1.92. The molecule has 0 saturated heterocycles. The molecule has 0 aliphatic carbocycles. The molecule has 0 unspecified atom stereocenters. The monoisotopic (exact) mass is 209 g/mol. The smallest absolute Gasteiger partial charge is 0.299 e. The summed E-state index contributed by atoms with van der Waals surface area (Å²) in [5.74, 6) is -0.0285. The van der Waals surface area contributed by atoms with Gasteiger partial charge in [-0.05, 0) is 0 Å². The van der Waals surface area contributed by atoms with Crippen molar-refractivity contribution in [2.24, 2.45) is 0 Å². The molecule has 78 valence electrons. The number of rotatable bonds is 2. The Morgan fingerprint density at radius 1 is 1.60 bits per heavy atom. The maximum Gasteiger partial charge on any atom is 0.299 e. The summed E-state index contributed by atoms with van der Waals surface area (Å²) in [4.78, 5) is 16.9. The first kappa shape index (κ1) is 9.57. The van der Waals surface area contributed by atoms with Gasteiger partial charge < -0.3 is 4.98 Å². The number of nitro benzene ring substituents is 1. The van der Waals surface area contributed by atoms with Gasteiger partial charge in [0.2, 0.25) is 0 Å². The number of aryl methyl sites for hydroxylation is 1. The van der Waals surface area contributed by atoms with Crippen LogP contribution in [0.1, 0.15) is 12.7 Å². The van der Waals surface area contributed by atoms with Gasteiger partial charge >= 0.3 is 0 Å². The van der Waals surface area contributed by atoms with E-state index in [1.807, 2.05) is 6.92 Å². The van der Waals surface area contributed by atoms with Crippen LogP contribution in [-0.4, -0.2) is 14.9 Å². The van der Waals surface area contributed by atoms with E-state index in [0.717, 1.165) is 6.07 Å². The fourth-order valence-electron chi connectivity index (χ4n) is 1.42. The average Bonchev–Trinajstić information content (AvgIpc) is 2.58. The van der Waals surface area contributed by atoms with Gasteiger partial charge in [-0.2, -0.15) is 0 Å². The molecule has 0 amide bonds. The third-order valence-electron chi connectivity index (χ3n) is 2.11. The highest BCUT2D eigenvalue weighted by Gasteiger charge is 2.17. The Labute approximate surface area is 84.1 Å². The molecule has 2 rings (SSSR count). The molecule has 0 saturated carbocycles. The van der Waals surface area contributed by atoms with E-state index in [-0.39, 0.29) is 11.2 Å². The average molecular weight is 209 g/mol. The van der Waals surface area contributed by atoms with Crippen LogP contribution in [0.25, 0.3) is 11.0 Å². The van der Waals surface area contributed by atoms with Gasteiger partial charge in [0.25, 0.3) is 5.69 Å². The topological polar surface area (TPSA) is 71.8 Å². The van der Waals surface area contributed by atoms with Crippen LogP contribution in [0.3, 0.4) is 0 Å². The van der Waals surface area contributed by atoms with Crippen LogP contribution in [0.5, 0.6) is 0 Å². The van der Waals surface area contributed by atoms with E-state index in [1.54, 1.807) is 0 Å². The van der Waals surface area contributed by atoms with E-state index in [1.165, 1.54) is 6.07 Å². The van der Waals surface area contributed by atoms with Crippen molar-refractivity contribution < 1.29 is 9.31 Å². The van der Waals surface area contributed by atoms with Crippen molar-refractivity contribution in [2.45, 2.75) is 13.3 Å². The number of H-pyrrole nitrogens is 1. The summed E-state index contributed by atoms with van der Waals surface area (Å²) in [6.45, 7) is 1.86. The third kappa shape index (κ3) is 1.54. The minimum atomic E-state index is -0.638. The fourth-order valence-corrected chi connectivity index (χ4v) is 1.42. The highest BCUT2D eigenvalue weighted by Crippen LogP contribution is 2.25. The van der Waals surface area contributed by atoms with Crippen LogP contribution >= 0.6 is 0 Å². The van der Waals surface area contributed by atoms with Crippen molar-refractivity contribution in [1.82, 2.24) is 9.97 Å². The molecule has 0 spiro atoms. The summed E-state index contributed by atoms with van der Waals surface area (Å²) in [6, 6.07) is 2.08.